The highest BCUT2D eigenvalue weighted by atomic mass is 15.0. The van der Waals surface area contributed by atoms with Gasteiger partial charge in [-0.2, -0.15) is 0 Å². The van der Waals surface area contributed by atoms with Crippen molar-refractivity contribution in [1.29, 1.82) is 0 Å². The molecule has 2 atom stereocenters. The lowest BCUT2D eigenvalue weighted by Gasteiger charge is -2.35. The van der Waals surface area contributed by atoms with Crippen molar-refractivity contribution in [3.63, 3.8) is 0 Å². The molecule has 1 fully saturated rings. The van der Waals surface area contributed by atoms with E-state index in [1.165, 1.54) is 37.1 Å². The van der Waals surface area contributed by atoms with E-state index in [-0.39, 0.29) is 6.04 Å². The zero-order valence-corrected chi connectivity index (χ0v) is 11.9. The second-order valence-corrected chi connectivity index (χ2v) is 7.34. The smallest absolute Gasteiger partial charge is 0.0318 e. The summed E-state index contributed by atoms with van der Waals surface area (Å²) < 4.78 is 2.49. The van der Waals surface area contributed by atoms with Crippen LogP contribution in [0.15, 0.2) is 12.3 Å². The summed E-state index contributed by atoms with van der Waals surface area (Å²) in [6.45, 7) is 8.27. The number of fused-ring (bicyclic) bond motifs is 1. The number of aromatic nitrogens is 1. The average Bonchev–Trinajstić information content (AvgIpc) is 3.03. The molecule has 0 aromatic carbocycles. The standard InChI is InChI=1S/C16H26N2/c1-11(12-4-5-12)10-18-7-6-13-14(17)8-16(2,3)9-15(13)18/h6-7,11-12,14H,4-5,8-10,17H2,1-3H3. The minimum atomic E-state index is 0.237. The Labute approximate surface area is 111 Å². The molecule has 0 bridgehead atoms. The van der Waals surface area contributed by atoms with Crippen molar-refractivity contribution in [2.45, 2.75) is 59.0 Å². The van der Waals surface area contributed by atoms with Crippen molar-refractivity contribution in [3.8, 4) is 0 Å². The van der Waals surface area contributed by atoms with E-state index in [9.17, 15) is 0 Å². The maximum atomic E-state index is 6.32. The molecular formula is C16H26N2. The average molecular weight is 246 g/mol. The summed E-state index contributed by atoms with van der Waals surface area (Å²) in [6.07, 6.45) is 7.44. The molecule has 0 spiro atoms. The molecule has 2 aliphatic rings. The Kier molecular flexibility index (Phi) is 2.81. The highest BCUT2D eigenvalue weighted by Gasteiger charge is 2.33. The zero-order chi connectivity index (χ0) is 12.9. The monoisotopic (exact) mass is 246 g/mol. The molecule has 2 aliphatic carbocycles. The Morgan fingerprint density at radius 1 is 1.44 bits per heavy atom. The van der Waals surface area contributed by atoms with Gasteiger partial charge in [0.15, 0.2) is 0 Å². The molecule has 2 heteroatoms. The highest BCUT2D eigenvalue weighted by molar-refractivity contribution is 5.30. The Balaban J connectivity index is 1.84. The molecule has 2 N–H and O–H groups in total. The van der Waals surface area contributed by atoms with Gasteiger partial charge in [-0.15, -0.1) is 0 Å². The third kappa shape index (κ3) is 2.23. The largest absolute Gasteiger partial charge is 0.351 e. The van der Waals surface area contributed by atoms with Crippen LogP contribution in [0, 0.1) is 17.3 Å². The first-order valence-electron chi connectivity index (χ1n) is 7.40. The molecule has 100 valence electrons. The third-order valence-corrected chi connectivity index (χ3v) is 4.84. The molecule has 2 unspecified atom stereocenters. The lowest BCUT2D eigenvalue weighted by Crippen LogP contribution is -2.30. The first-order valence-corrected chi connectivity index (χ1v) is 7.40. The van der Waals surface area contributed by atoms with E-state index in [1.54, 1.807) is 0 Å². The Morgan fingerprint density at radius 2 is 2.17 bits per heavy atom. The number of hydrogen-bond acceptors (Lipinski definition) is 1. The van der Waals surface area contributed by atoms with E-state index in [0.717, 1.165) is 18.3 Å². The quantitative estimate of drug-likeness (QED) is 0.869. The predicted octanol–water partition coefficient (Wildman–Crippen LogP) is 3.51. The number of rotatable bonds is 3. The van der Waals surface area contributed by atoms with Gasteiger partial charge in [-0.25, -0.2) is 0 Å². The van der Waals surface area contributed by atoms with Crippen LogP contribution >= 0.6 is 0 Å². The van der Waals surface area contributed by atoms with Gasteiger partial charge in [0, 0.05) is 24.5 Å². The van der Waals surface area contributed by atoms with Crippen molar-refractivity contribution < 1.29 is 0 Å². The van der Waals surface area contributed by atoms with Gasteiger partial charge in [0.05, 0.1) is 0 Å². The van der Waals surface area contributed by atoms with Gasteiger partial charge in [0.1, 0.15) is 0 Å². The van der Waals surface area contributed by atoms with Crippen LogP contribution in [-0.2, 0) is 13.0 Å². The second-order valence-electron chi connectivity index (χ2n) is 7.34. The molecule has 0 aliphatic heterocycles. The van der Waals surface area contributed by atoms with Crippen molar-refractivity contribution in [2.75, 3.05) is 0 Å². The van der Waals surface area contributed by atoms with E-state index >= 15 is 0 Å². The minimum Gasteiger partial charge on any atom is -0.351 e. The molecule has 1 aromatic heterocycles. The van der Waals surface area contributed by atoms with E-state index in [2.05, 4.69) is 37.6 Å². The SMILES string of the molecule is CC(Cn1ccc2c1CC(C)(C)CC2N)C1CC1. The third-order valence-electron chi connectivity index (χ3n) is 4.84. The van der Waals surface area contributed by atoms with Gasteiger partial charge in [-0.1, -0.05) is 20.8 Å². The molecular weight excluding hydrogens is 220 g/mol. The zero-order valence-electron chi connectivity index (χ0n) is 11.9. The normalized spacial score (nSPS) is 27.9. The minimum absolute atomic E-state index is 0.237. The van der Waals surface area contributed by atoms with E-state index in [1.807, 2.05) is 0 Å². The number of hydrogen-bond donors (Lipinski definition) is 1. The first kappa shape index (κ1) is 12.3. The van der Waals surface area contributed by atoms with Crippen LogP contribution in [0.5, 0.6) is 0 Å². The van der Waals surface area contributed by atoms with Gasteiger partial charge < -0.3 is 10.3 Å². The van der Waals surface area contributed by atoms with E-state index in [4.69, 9.17) is 5.73 Å². The van der Waals surface area contributed by atoms with Gasteiger partial charge in [-0.3, -0.25) is 0 Å². The molecule has 0 saturated heterocycles. The summed E-state index contributed by atoms with van der Waals surface area (Å²) in [6, 6.07) is 2.50. The van der Waals surface area contributed by atoms with Crippen molar-refractivity contribution in [3.05, 3.63) is 23.5 Å². The predicted molar refractivity (Wildman–Crippen MR) is 75.4 cm³/mol. The summed E-state index contributed by atoms with van der Waals surface area (Å²) in [7, 11) is 0. The molecule has 2 nitrogen and oxygen atoms in total. The van der Waals surface area contributed by atoms with Crippen LogP contribution in [0.3, 0.4) is 0 Å². The summed E-state index contributed by atoms with van der Waals surface area (Å²) in [4.78, 5) is 0. The fourth-order valence-electron chi connectivity index (χ4n) is 3.59. The fraction of sp³-hybridized carbons (Fsp3) is 0.750. The maximum Gasteiger partial charge on any atom is 0.0318 e. The van der Waals surface area contributed by atoms with E-state index < -0.39 is 0 Å². The number of nitrogens with zero attached hydrogens (tertiary/aromatic N) is 1. The van der Waals surface area contributed by atoms with Crippen LogP contribution in [0.1, 0.15) is 57.3 Å². The Hall–Kier alpha value is -0.760. The molecule has 1 saturated carbocycles. The summed E-state index contributed by atoms with van der Waals surface area (Å²) in [5.74, 6) is 1.80. The van der Waals surface area contributed by atoms with Gasteiger partial charge >= 0.3 is 0 Å². The summed E-state index contributed by atoms with van der Waals surface area (Å²) in [5.41, 5.74) is 9.58. The first-order chi connectivity index (χ1) is 8.46. The Morgan fingerprint density at radius 3 is 2.83 bits per heavy atom. The lowest BCUT2D eigenvalue weighted by atomic mass is 9.74. The van der Waals surface area contributed by atoms with Gasteiger partial charge in [-0.05, 0) is 54.6 Å². The lowest BCUT2D eigenvalue weighted by molar-refractivity contribution is 0.271. The molecule has 18 heavy (non-hydrogen) atoms. The summed E-state index contributed by atoms with van der Waals surface area (Å²) >= 11 is 0. The Bertz CT molecular complexity index is 440. The van der Waals surface area contributed by atoms with Crippen molar-refractivity contribution in [1.82, 2.24) is 4.57 Å². The molecule has 1 heterocycles. The van der Waals surface area contributed by atoms with Crippen LogP contribution in [-0.4, -0.2) is 4.57 Å². The van der Waals surface area contributed by atoms with Crippen LogP contribution in [0.4, 0.5) is 0 Å². The maximum absolute atomic E-state index is 6.32. The van der Waals surface area contributed by atoms with Crippen LogP contribution in [0.25, 0.3) is 0 Å². The van der Waals surface area contributed by atoms with Gasteiger partial charge in [0.2, 0.25) is 0 Å². The second kappa shape index (κ2) is 4.12. The van der Waals surface area contributed by atoms with E-state index in [0.29, 0.717) is 5.41 Å². The molecule has 3 rings (SSSR count). The molecule has 0 amide bonds. The van der Waals surface area contributed by atoms with Crippen LogP contribution < -0.4 is 5.73 Å². The van der Waals surface area contributed by atoms with Crippen molar-refractivity contribution in [2.24, 2.45) is 23.0 Å². The topological polar surface area (TPSA) is 30.9 Å². The van der Waals surface area contributed by atoms with Crippen molar-refractivity contribution >= 4 is 0 Å². The summed E-state index contributed by atoms with van der Waals surface area (Å²) in [5, 5.41) is 0. The van der Waals surface area contributed by atoms with Crippen LogP contribution in [0.2, 0.25) is 0 Å². The molecule has 0 radical (unpaired) electrons. The molecule has 1 aromatic rings. The van der Waals surface area contributed by atoms with Gasteiger partial charge in [0.25, 0.3) is 0 Å². The number of nitrogens with two attached hydrogens (primary N) is 1. The fourth-order valence-corrected chi connectivity index (χ4v) is 3.59. The highest BCUT2D eigenvalue weighted by Crippen LogP contribution is 2.41.